The molecule has 228 valence electrons. The number of benzene rings is 2. The number of amides is 2. The number of fused-ring (bicyclic) bond motifs is 2. The Morgan fingerprint density at radius 3 is 2.57 bits per heavy atom. The van der Waals surface area contributed by atoms with Crippen LogP contribution in [0.5, 0.6) is 5.75 Å². The second-order valence-electron chi connectivity index (χ2n) is 12.8. The van der Waals surface area contributed by atoms with Crippen LogP contribution in [0.4, 0.5) is 5.69 Å². The maximum Gasteiger partial charge on any atom is 0.226 e. The van der Waals surface area contributed by atoms with Crippen molar-refractivity contribution in [1.29, 1.82) is 0 Å². The van der Waals surface area contributed by atoms with Crippen molar-refractivity contribution in [3.05, 3.63) is 59.2 Å². The molecule has 8 nitrogen and oxygen atoms in total. The Balaban J connectivity index is 1.40. The Labute approximate surface area is 250 Å². The number of hydrogen-bond acceptors (Lipinski definition) is 6. The second-order valence-corrected chi connectivity index (χ2v) is 16.9. The molecule has 3 aliphatic heterocycles. The third-order valence-electron chi connectivity index (χ3n) is 9.53. The Hall–Kier alpha value is -2.72. The first-order valence-electron chi connectivity index (χ1n) is 15.5. The predicted octanol–water partition coefficient (Wildman–Crippen LogP) is 4.97. The number of hydrogen-bond donors (Lipinski definition) is 2. The van der Waals surface area contributed by atoms with E-state index in [2.05, 4.69) is 13.0 Å². The van der Waals surface area contributed by atoms with Gasteiger partial charge in [0.05, 0.1) is 18.8 Å². The number of rotatable bonds is 7. The number of anilines is 1. The highest BCUT2D eigenvalue weighted by molar-refractivity contribution is 6.71. The molecule has 0 aliphatic carbocycles. The van der Waals surface area contributed by atoms with E-state index in [1.807, 2.05) is 54.4 Å². The van der Waals surface area contributed by atoms with Gasteiger partial charge in [0.25, 0.3) is 0 Å². The van der Waals surface area contributed by atoms with Crippen LogP contribution >= 0.6 is 0 Å². The Kier molecular flexibility index (Phi) is 9.42. The molecule has 5 rings (SSSR count). The number of methoxy groups -OCH3 is 1. The molecule has 0 spiro atoms. The maximum absolute atomic E-state index is 13.9. The molecule has 9 heteroatoms. The first-order valence-corrected chi connectivity index (χ1v) is 18.5. The summed E-state index contributed by atoms with van der Waals surface area (Å²) in [7, 11) is -1.23. The third-order valence-corrected chi connectivity index (χ3v) is 11.9. The average Bonchev–Trinajstić information content (AvgIpc) is 2.96. The van der Waals surface area contributed by atoms with Crippen LogP contribution in [-0.4, -0.2) is 67.3 Å². The van der Waals surface area contributed by atoms with Gasteiger partial charge in [-0.05, 0) is 61.7 Å². The van der Waals surface area contributed by atoms with Crippen LogP contribution in [0, 0.1) is 5.92 Å². The van der Waals surface area contributed by atoms with E-state index in [1.54, 1.807) is 12.0 Å². The Bertz CT molecular complexity index is 1280. The maximum atomic E-state index is 13.9. The van der Waals surface area contributed by atoms with Crippen LogP contribution in [0.2, 0.25) is 18.6 Å². The summed E-state index contributed by atoms with van der Waals surface area (Å²) in [5, 5.41) is 10.2. The summed E-state index contributed by atoms with van der Waals surface area (Å²) >= 11 is 0. The zero-order valence-corrected chi connectivity index (χ0v) is 26.4. The summed E-state index contributed by atoms with van der Waals surface area (Å²) in [6, 6.07) is 13.6. The molecular formula is C33H46N2O6Si. The highest BCUT2D eigenvalue weighted by Crippen LogP contribution is 2.48. The molecule has 1 fully saturated rings. The quantitative estimate of drug-likeness (QED) is 0.439. The van der Waals surface area contributed by atoms with E-state index in [-0.39, 0.29) is 42.9 Å². The lowest BCUT2D eigenvalue weighted by Crippen LogP contribution is -2.52. The predicted molar refractivity (Wildman–Crippen MR) is 165 cm³/mol. The zero-order chi connectivity index (χ0) is 30.0. The number of aliphatic hydroxyl groups excluding tert-OH is 1. The molecule has 42 heavy (non-hydrogen) atoms. The van der Waals surface area contributed by atoms with Gasteiger partial charge < -0.3 is 29.2 Å². The van der Waals surface area contributed by atoms with Crippen molar-refractivity contribution < 1.29 is 29.0 Å². The number of carbonyl (C=O) groups is 2. The molecule has 2 amide bonds. The lowest BCUT2D eigenvalue weighted by Gasteiger charge is -2.45. The Morgan fingerprint density at radius 2 is 1.86 bits per heavy atom. The smallest absolute Gasteiger partial charge is 0.226 e. The van der Waals surface area contributed by atoms with Gasteiger partial charge in [0.1, 0.15) is 11.9 Å². The van der Waals surface area contributed by atoms with Crippen molar-refractivity contribution in [3.8, 4) is 5.75 Å². The van der Waals surface area contributed by atoms with Crippen LogP contribution in [0.15, 0.2) is 42.5 Å². The highest BCUT2D eigenvalue weighted by atomic mass is 28.4. The van der Waals surface area contributed by atoms with Gasteiger partial charge in [-0.15, -0.1) is 0 Å². The van der Waals surface area contributed by atoms with Crippen molar-refractivity contribution >= 4 is 25.8 Å². The summed E-state index contributed by atoms with van der Waals surface area (Å²) in [6.45, 7) is 6.83. The SMILES string of the molecule is CO[C@@H]1c2cc(N3CCCCCCC3=O)ccc2O[C@H](C(CC(=O)N2Cc3ccccc3C[C@H]2CO)[Si](C)(C)O)[C@H]1C. The zero-order valence-electron chi connectivity index (χ0n) is 25.4. The van der Waals surface area contributed by atoms with Gasteiger partial charge in [-0.25, -0.2) is 0 Å². The van der Waals surface area contributed by atoms with Gasteiger partial charge in [0.2, 0.25) is 11.8 Å². The number of carbonyl (C=O) groups excluding carboxylic acids is 2. The third kappa shape index (κ3) is 6.30. The molecule has 1 saturated heterocycles. The minimum atomic E-state index is -2.91. The fourth-order valence-corrected chi connectivity index (χ4v) is 8.93. The van der Waals surface area contributed by atoms with Gasteiger partial charge >= 0.3 is 0 Å². The van der Waals surface area contributed by atoms with E-state index < -0.39 is 20.0 Å². The highest BCUT2D eigenvalue weighted by Gasteiger charge is 2.48. The molecular weight excluding hydrogens is 548 g/mol. The number of nitrogens with zero attached hydrogens (tertiary/aromatic N) is 2. The fraction of sp³-hybridized carbons (Fsp3) is 0.576. The summed E-state index contributed by atoms with van der Waals surface area (Å²) in [4.78, 5) is 42.0. The summed E-state index contributed by atoms with van der Waals surface area (Å²) in [5.74, 6) is 0.598. The topological polar surface area (TPSA) is 99.5 Å². The van der Waals surface area contributed by atoms with E-state index >= 15 is 0 Å². The minimum Gasteiger partial charge on any atom is -0.490 e. The van der Waals surface area contributed by atoms with E-state index in [0.717, 1.165) is 48.1 Å². The molecule has 0 bridgehead atoms. The normalized spacial score (nSPS) is 25.5. The van der Waals surface area contributed by atoms with Crippen LogP contribution in [-0.2, 0) is 27.3 Å². The van der Waals surface area contributed by atoms with Crippen molar-refractivity contribution in [2.75, 3.05) is 25.2 Å². The van der Waals surface area contributed by atoms with Gasteiger partial charge in [-0.3, -0.25) is 9.59 Å². The van der Waals surface area contributed by atoms with Gasteiger partial charge in [0.15, 0.2) is 8.32 Å². The average molecular weight is 595 g/mol. The molecule has 1 unspecified atom stereocenters. The minimum absolute atomic E-state index is 0.0790. The van der Waals surface area contributed by atoms with Crippen LogP contribution < -0.4 is 9.64 Å². The molecule has 0 aromatic heterocycles. The lowest BCUT2D eigenvalue weighted by molar-refractivity contribution is -0.136. The molecule has 3 heterocycles. The molecule has 2 aromatic carbocycles. The Morgan fingerprint density at radius 1 is 1.12 bits per heavy atom. The van der Waals surface area contributed by atoms with Crippen LogP contribution in [0.1, 0.15) is 68.2 Å². The summed E-state index contributed by atoms with van der Waals surface area (Å²) in [5.41, 5.74) is 3.62. The van der Waals surface area contributed by atoms with E-state index in [4.69, 9.17) is 9.47 Å². The van der Waals surface area contributed by atoms with Crippen molar-refractivity contribution in [1.82, 2.24) is 4.90 Å². The van der Waals surface area contributed by atoms with Crippen molar-refractivity contribution in [2.24, 2.45) is 5.92 Å². The molecule has 0 radical (unpaired) electrons. The lowest BCUT2D eigenvalue weighted by atomic mass is 9.86. The molecule has 5 atom stereocenters. The van der Waals surface area contributed by atoms with Gasteiger partial charge in [-0.2, -0.15) is 0 Å². The fourth-order valence-electron chi connectivity index (χ4n) is 7.08. The summed E-state index contributed by atoms with van der Waals surface area (Å²) < 4.78 is 12.7. The van der Waals surface area contributed by atoms with E-state index in [1.165, 1.54) is 0 Å². The first kappa shape index (κ1) is 30.7. The molecule has 3 aliphatic rings. The number of ether oxygens (including phenoxy) is 2. The largest absolute Gasteiger partial charge is 0.490 e. The molecule has 2 aromatic rings. The van der Waals surface area contributed by atoms with Gasteiger partial charge in [0, 0.05) is 55.8 Å². The van der Waals surface area contributed by atoms with E-state index in [0.29, 0.717) is 31.7 Å². The monoisotopic (exact) mass is 594 g/mol. The van der Waals surface area contributed by atoms with E-state index in [9.17, 15) is 19.5 Å². The second kappa shape index (κ2) is 12.9. The molecule has 0 saturated carbocycles. The van der Waals surface area contributed by atoms with Gasteiger partial charge in [-0.1, -0.05) is 44.0 Å². The number of aliphatic hydroxyl groups is 1. The van der Waals surface area contributed by atoms with Crippen molar-refractivity contribution in [2.45, 2.75) is 95.3 Å². The standard InChI is InChI=1S/C33H46N2O6Si/c1-22-32(40-2)27-18-25(34-16-10-6-5-7-13-30(34)37)14-15-28(27)41-33(22)29(42(3,4)39)19-31(38)35-20-24-12-9-8-11-23(24)17-26(35)21-36/h8-9,11-12,14-15,18,22,26,29,32-33,36,39H,5-7,10,13,16-17,19-21H2,1-4H3/t22-,26-,29?,32-,33-/m0/s1. The van der Waals surface area contributed by atoms with Crippen LogP contribution in [0.25, 0.3) is 0 Å². The first-order chi connectivity index (χ1) is 20.1. The van der Waals surface area contributed by atoms with Crippen LogP contribution in [0.3, 0.4) is 0 Å². The summed E-state index contributed by atoms with van der Waals surface area (Å²) in [6.07, 6.45) is 4.69. The molecule has 2 N–H and O–H groups in total. The van der Waals surface area contributed by atoms with Crippen molar-refractivity contribution in [3.63, 3.8) is 0 Å².